The number of rotatable bonds is 5. The number of fused-ring (bicyclic) bond motifs is 6. The van der Waals surface area contributed by atoms with Crippen LogP contribution in [0.4, 0.5) is 0 Å². The molecule has 10 rings (SSSR count). The summed E-state index contributed by atoms with van der Waals surface area (Å²) in [5, 5.41) is 6.21. The SMILES string of the molecule is c1ccc(-c2cc(-c3ccc(-n4c5ccccc5c5cc6ccc7c(ccn7-c7ccccc7)c6cc54)cc3)nc(-c3ccccc3)n2)cc1. The van der Waals surface area contributed by atoms with Gasteiger partial charge in [0.05, 0.1) is 27.9 Å². The smallest absolute Gasteiger partial charge is 0.160 e. The number of aromatic nitrogens is 4. The fourth-order valence-electron chi connectivity index (χ4n) is 7.36. The van der Waals surface area contributed by atoms with Crippen LogP contribution >= 0.6 is 0 Å². The molecule has 0 saturated heterocycles. The van der Waals surface area contributed by atoms with Crippen molar-refractivity contribution in [2.75, 3.05) is 0 Å². The third-order valence-corrected chi connectivity index (χ3v) is 9.76. The molecule has 0 N–H and O–H groups in total. The van der Waals surface area contributed by atoms with E-state index < -0.39 is 0 Å². The highest BCUT2D eigenvalue weighted by Crippen LogP contribution is 2.38. The Balaban J connectivity index is 1.13. The molecule has 0 bridgehead atoms. The van der Waals surface area contributed by atoms with Crippen LogP contribution in [0.5, 0.6) is 0 Å². The Morgan fingerprint density at radius 3 is 1.72 bits per heavy atom. The van der Waals surface area contributed by atoms with Gasteiger partial charge in [-0.1, -0.05) is 115 Å². The van der Waals surface area contributed by atoms with E-state index in [2.05, 4.69) is 155 Å². The number of hydrogen-bond donors (Lipinski definition) is 0. The molecule has 50 heavy (non-hydrogen) atoms. The minimum Gasteiger partial charge on any atom is -0.317 e. The average Bonchev–Trinajstić information content (AvgIpc) is 3.77. The van der Waals surface area contributed by atoms with Crippen LogP contribution in [0, 0.1) is 0 Å². The molecule has 3 heterocycles. The van der Waals surface area contributed by atoms with E-state index in [0.29, 0.717) is 5.82 Å². The van der Waals surface area contributed by atoms with Crippen molar-refractivity contribution in [3.63, 3.8) is 0 Å². The molecule has 4 heteroatoms. The second-order valence-corrected chi connectivity index (χ2v) is 12.7. The number of nitrogens with zero attached hydrogens (tertiary/aromatic N) is 4. The molecular weight excluding hydrogens is 609 g/mol. The quantitative estimate of drug-likeness (QED) is 0.188. The molecule has 0 saturated carbocycles. The highest BCUT2D eigenvalue weighted by Gasteiger charge is 2.16. The van der Waals surface area contributed by atoms with Crippen molar-refractivity contribution in [1.29, 1.82) is 0 Å². The molecule has 0 atom stereocenters. The lowest BCUT2D eigenvalue weighted by molar-refractivity contribution is 1.13. The molecule has 7 aromatic carbocycles. The van der Waals surface area contributed by atoms with E-state index in [1.165, 1.54) is 43.5 Å². The Bertz CT molecular complexity index is 2770. The molecule has 3 aromatic heterocycles. The standard InChI is InChI=1S/C46H30N4/c1-4-12-31(13-5-1)41-30-42(48-46(47-41)33-14-6-2-7-15-33)32-20-23-36(24-21-32)50-44-19-11-10-18-37(44)40-28-34-22-25-43-38(39(34)29-45(40)50)26-27-49(43)35-16-8-3-9-17-35/h1-30H. The van der Waals surface area contributed by atoms with Crippen molar-refractivity contribution >= 4 is 43.5 Å². The molecule has 4 nitrogen and oxygen atoms in total. The third-order valence-electron chi connectivity index (χ3n) is 9.76. The summed E-state index contributed by atoms with van der Waals surface area (Å²) in [6.45, 7) is 0. The Hall–Kier alpha value is -6.78. The van der Waals surface area contributed by atoms with E-state index in [1.807, 2.05) is 36.4 Å². The molecule has 0 fully saturated rings. The minimum atomic E-state index is 0.715. The predicted octanol–water partition coefficient (Wildman–Crippen LogP) is 11.7. The molecular formula is C46H30N4. The fraction of sp³-hybridized carbons (Fsp3) is 0. The minimum absolute atomic E-state index is 0.715. The van der Waals surface area contributed by atoms with Crippen molar-refractivity contribution < 1.29 is 0 Å². The molecule has 10 aromatic rings. The summed E-state index contributed by atoms with van der Waals surface area (Å²) >= 11 is 0. The summed E-state index contributed by atoms with van der Waals surface area (Å²) in [6, 6.07) is 62.1. The Labute approximate surface area is 289 Å². The molecule has 234 valence electrons. The van der Waals surface area contributed by atoms with Gasteiger partial charge in [0.1, 0.15) is 0 Å². The van der Waals surface area contributed by atoms with Crippen LogP contribution < -0.4 is 0 Å². The summed E-state index contributed by atoms with van der Waals surface area (Å²) < 4.78 is 4.67. The first-order chi connectivity index (χ1) is 24.8. The Morgan fingerprint density at radius 1 is 0.360 bits per heavy atom. The van der Waals surface area contributed by atoms with Gasteiger partial charge in [0.25, 0.3) is 0 Å². The lowest BCUT2D eigenvalue weighted by Crippen LogP contribution is -1.97. The molecule has 0 unspecified atom stereocenters. The van der Waals surface area contributed by atoms with Crippen LogP contribution in [-0.4, -0.2) is 19.1 Å². The fourth-order valence-corrected chi connectivity index (χ4v) is 7.36. The van der Waals surface area contributed by atoms with Gasteiger partial charge in [0.2, 0.25) is 0 Å². The van der Waals surface area contributed by atoms with Crippen molar-refractivity contribution in [1.82, 2.24) is 19.1 Å². The van der Waals surface area contributed by atoms with E-state index in [1.54, 1.807) is 0 Å². The Morgan fingerprint density at radius 2 is 0.980 bits per heavy atom. The lowest BCUT2D eigenvalue weighted by Gasteiger charge is -2.12. The first-order valence-electron chi connectivity index (χ1n) is 16.9. The molecule has 0 spiro atoms. The topological polar surface area (TPSA) is 35.6 Å². The maximum atomic E-state index is 5.06. The van der Waals surface area contributed by atoms with Crippen LogP contribution in [0.2, 0.25) is 0 Å². The molecule has 0 aliphatic carbocycles. The highest BCUT2D eigenvalue weighted by atomic mass is 15.0. The number of hydrogen-bond acceptors (Lipinski definition) is 2. The van der Waals surface area contributed by atoms with Crippen LogP contribution in [0.15, 0.2) is 182 Å². The van der Waals surface area contributed by atoms with Gasteiger partial charge < -0.3 is 9.13 Å². The van der Waals surface area contributed by atoms with Gasteiger partial charge in [-0.25, -0.2) is 9.97 Å². The van der Waals surface area contributed by atoms with Gasteiger partial charge in [-0.05, 0) is 71.4 Å². The summed E-state index contributed by atoms with van der Waals surface area (Å²) in [6.07, 6.45) is 2.18. The molecule has 0 aliphatic heterocycles. The number of para-hydroxylation sites is 2. The van der Waals surface area contributed by atoms with E-state index in [4.69, 9.17) is 9.97 Å². The normalized spacial score (nSPS) is 11.6. The van der Waals surface area contributed by atoms with Crippen molar-refractivity contribution in [2.45, 2.75) is 0 Å². The zero-order chi connectivity index (χ0) is 33.0. The first-order valence-corrected chi connectivity index (χ1v) is 16.9. The Kier molecular flexibility index (Phi) is 6.46. The van der Waals surface area contributed by atoms with Gasteiger partial charge in [-0.15, -0.1) is 0 Å². The average molecular weight is 639 g/mol. The maximum Gasteiger partial charge on any atom is 0.160 e. The van der Waals surface area contributed by atoms with Crippen LogP contribution in [0.3, 0.4) is 0 Å². The predicted molar refractivity (Wildman–Crippen MR) is 207 cm³/mol. The molecule has 0 radical (unpaired) electrons. The lowest BCUT2D eigenvalue weighted by atomic mass is 10.0. The summed E-state index contributed by atoms with van der Waals surface area (Å²) in [7, 11) is 0. The molecule has 0 amide bonds. The van der Waals surface area contributed by atoms with Crippen molar-refractivity contribution in [2.24, 2.45) is 0 Å². The molecule has 0 aliphatic rings. The summed E-state index contributed by atoms with van der Waals surface area (Å²) in [5.74, 6) is 0.715. The van der Waals surface area contributed by atoms with Crippen LogP contribution in [0.25, 0.3) is 88.8 Å². The monoisotopic (exact) mass is 638 g/mol. The van der Waals surface area contributed by atoms with Crippen molar-refractivity contribution in [3.8, 4) is 45.3 Å². The largest absolute Gasteiger partial charge is 0.317 e. The van der Waals surface area contributed by atoms with Crippen LogP contribution in [0.1, 0.15) is 0 Å². The highest BCUT2D eigenvalue weighted by molar-refractivity contribution is 6.18. The second kappa shape index (κ2) is 11.4. The zero-order valence-electron chi connectivity index (χ0n) is 27.1. The zero-order valence-corrected chi connectivity index (χ0v) is 27.1. The third kappa shape index (κ3) is 4.61. The van der Waals surface area contributed by atoms with E-state index in [0.717, 1.165) is 39.5 Å². The second-order valence-electron chi connectivity index (χ2n) is 12.7. The van der Waals surface area contributed by atoms with E-state index >= 15 is 0 Å². The van der Waals surface area contributed by atoms with Gasteiger partial charge >= 0.3 is 0 Å². The van der Waals surface area contributed by atoms with Gasteiger partial charge in [0, 0.05) is 50.4 Å². The van der Waals surface area contributed by atoms with Gasteiger partial charge in [0.15, 0.2) is 5.82 Å². The summed E-state index contributed by atoms with van der Waals surface area (Å²) in [5.41, 5.74) is 10.7. The maximum absolute atomic E-state index is 5.06. The summed E-state index contributed by atoms with van der Waals surface area (Å²) in [4.78, 5) is 10.0. The number of benzene rings is 7. The van der Waals surface area contributed by atoms with E-state index in [9.17, 15) is 0 Å². The van der Waals surface area contributed by atoms with Gasteiger partial charge in [-0.3, -0.25) is 0 Å². The first kappa shape index (κ1) is 28.3. The van der Waals surface area contributed by atoms with Crippen LogP contribution in [-0.2, 0) is 0 Å². The van der Waals surface area contributed by atoms with Crippen molar-refractivity contribution in [3.05, 3.63) is 182 Å². The van der Waals surface area contributed by atoms with Gasteiger partial charge in [-0.2, -0.15) is 0 Å². The van der Waals surface area contributed by atoms with E-state index in [-0.39, 0.29) is 0 Å².